The lowest BCUT2D eigenvalue weighted by molar-refractivity contribution is -0.137. The van der Waals surface area contributed by atoms with Crippen LogP contribution in [0.3, 0.4) is 0 Å². The van der Waals surface area contributed by atoms with Gasteiger partial charge in [-0.3, -0.25) is 0 Å². The highest BCUT2D eigenvalue weighted by Crippen LogP contribution is 2.08. The molecule has 1 aromatic rings. The summed E-state index contributed by atoms with van der Waals surface area (Å²) >= 11 is 0. The van der Waals surface area contributed by atoms with Gasteiger partial charge < -0.3 is 18.9 Å². The van der Waals surface area contributed by atoms with E-state index in [0.29, 0.717) is 52.5 Å². The van der Waals surface area contributed by atoms with Crippen molar-refractivity contribution in [2.24, 2.45) is 0 Å². The van der Waals surface area contributed by atoms with Crippen LogP contribution in [0.1, 0.15) is 50.7 Å². The van der Waals surface area contributed by atoms with Crippen LogP contribution in [-0.4, -0.2) is 38.4 Å². The third-order valence-electron chi connectivity index (χ3n) is 3.67. The minimum Gasteiger partial charge on any atom is -0.456 e. The van der Waals surface area contributed by atoms with E-state index in [1.54, 1.807) is 13.8 Å². The topological polar surface area (TPSA) is 71.1 Å². The summed E-state index contributed by atoms with van der Waals surface area (Å²) in [5, 5.41) is 0. The number of hydrogen-bond acceptors (Lipinski definition) is 6. The Bertz CT molecular complexity index is 681. The predicted octanol–water partition coefficient (Wildman–Crippen LogP) is 3.41. The number of esters is 2. The number of carbonyl (C=O) groups excluding carboxylic acids is 2. The van der Waals surface area contributed by atoms with Gasteiger partial charge in [0.2, 0.25) is 0 Å². The fourth-order valence-electron chi connectivity index (χ4n) is 2.24. The van der Waals surface area contributed by atoms with Crippen molar-refractivity contribution in [2.45, 2.75) is 52.7 Å². The van der Waals surface area contributed by atoms with Crippen LogP contribution in [0.2, 0.25) is 0 Å². The summed E-state index contributed by atoms with van der Waals surface area (Å²) in [6, 6.07) is 8.07. The first-order valence-electron chi connectivity index (χ1n) is 10.2. The Labute approximate surface area is 179 Å². The van der Waals surface area contributed by atoms with Crippen LogP contribution in [-0.2, 0) is 41.8 Å². The summed E-state index contributed by atoms with van der Waals surface area (Å²) in [5.41, 5.74) is 2.18. The molecule has 0 unspecified atom stereocenters. The van der Waals surface area contributed by atoms with Crippen LogP contribution >= 0.6 is 0 Å². The molecule has 0 saturated heterocycles. The number of carbonyl (C=O) groups is 2. The summed E-state index contributed by atoms with van der Waals surface area (Å²) in [4.78, 5) is 22.1. The van der Waals surface area contributed by atoms with Crippen molar-refractivity contribution >= 4 is 11.9 Å². The molecule has 0 aromatic heterocycles. The second-order valence-electron chi connectivity index (χ2n) is 6.17. The molecule has 0 saturated carbocycles. The van der Waals surface area contributed by atoms with Crippen molar-refractivity contribution in [3.8, 4) is 23.7 Å². The summed E-state index contributed by atoms with van der Waals surface area (Å²) in [5.74, 6) is 9.46. The molecule has 6 nitrogen and oxygen atoms in total. The van der Waals surface area contributed by atoms with Crippen LogP contribution in [0.4, 0.5) is 0 Å². The van der Waals surface area contributed by atoms with Crippen LogP contribution in [0.15, 0.2) is 24.3 Å². The van der Waals surface area contributed by atoms with E-state index in [1.807, 2.05) is 24.3 Å². The lowest BCUT2D eigenvalue weighted by Gasteiger charge is -2.06. The zero-order chi connectivity index (χ0) is 21.9. The maximum Gasteiger partial charge on any atom is 0.384 e. The molecule has 0 aliphatic rings. The van der Waals surface area contributed by atoms with Gasteiger partial charge >= 0.3 is 11.9 Å². The summed E-state index contributed by atoms with van der Waals surface area (Å²) in [7, 11) is 0. The van der Waals surface area contributed by atoms with E-state index in [1.165, 1.54) is 0 Å². The van der Waals surface area contributed by atoms with Gasteiger partial charge in [-0.25, -0.2) is 9.59 Å². The number of benzene rings is 1. The van der Waals surface area contributed by atoms with Gasteiger partial charge in [-0.2, -0.15) is 0 Å². The molecule has 0 fully saturated rings. The molecule has 0 spiro atoms. The van der Waals surface area contributed by atoms with Crippen LogP contribution < -0.4 is 0 Å². The van der Waals surface area contributed by atoms with Crippen molar-refractivity contribution in [3.05, 3.63) is 35.4 Å². The molecule has 0 atom stereocenters. The normalized spacial score (nSPS) is 9.67. The van der Waals surface area contributed by atoms with Crippen molar-refractivity contribution in [3.63, 3.8) is 0 Å². The third-order valence-corrected chi connectivity index (χ3v) is 3.67. The molecule has 0 radical (unpaired) electrons. The zero-order valence-electron chi connectivity index (χ0n) is 17.8. The first kappa shape index (κ1) is 25.2. The SMILES string of the molecule is CCOC(=O)C#CCCCOCc1ccc(COCCCC#CC(=O)OCC)cc1. The van der Waals surface area contributed by atoms with E-state index in [9.17, 15) is 9.59 Å². The number of hydrogen-bond donors (Lipinski definition) is 0. The average molecular weight is 414 g/mol. The first-order valence-corrected chi connectivity index (χ1v) is 10.2. The Balaban J connectivity index is 2.10. The van der Waals surface area contributed by atoms with E-state index in [4.69, 9.17) is 18.9 Å². The lowest BCUT2D eigenvalue weighted by Crippen LogP contribution is -2.00. The van der Waals surface area contributed by atoms with Gasteiger partial charge in [0.05, 0.1) is 26.4 Å². The number of rotatable bonds is 12. The number of unbranched alkanes of at least 4 members (excludes halogenated alkanes) is 2. The Hall–Kier alpha value is -2.80. The van der Waals surface area contributed by atoms with Gasteiger partial charge in [0, 0.05) is 37.9 Å². The van der Waals surface area contributed by atoms with Gasteiger partial charge in [-0.05, 0) is 37.8 Å². The van der Waals surface area contributed by atoms with Gasteiger partial charge in [-0.15, -0.1) is 0 Å². The van der Waals surface area contributed by atoms with Crippen molar-refractivity contribution in [1.82, 2.24) is 0 Å². The van der Waals surface area contributed by atoms with E-state index in [0.717, 1.165) is 24.0 Å². The van der Waals surface area contributed by atoms with Gasteiger partial charge in [0.25, 0.3) is 0 Å². The molecule has 1 aromatic carbocycles. The second kappa shape index (κ2) is 17.1. The predicted molar refractivity (Wildman–Crippen MR) is 113 cm³/mol. The second-order valence-corrected chi connectivity index (χ2v) is 6.17. The fourth-order valence-corrected chi connectivity index (χ4v) is 2.24. The Morgan fingerprint density at radius 1 is 0.733 bits per heavy atom. The Kier molecular flexibility index (Phi) is 14.4. The molecule has 6 heteroatoms. The molecule has 0 aliphatic heterocycles. The Morgan fingerprint density at radius 3 is 1.50 bits per heavy atom. The lowest BCUT2D eigenvalue weighted by atomic mass is 10.1. The number of ether oxygens (including phenoxy) is 4. The fraction of sp³-hybridized carbons (Fsp3) is 0.500. The highest BCUT2D eigenvalue weighted by molar-refractivity contribution is 5.88. The highest BCUT2D eigenvalue weighted by atomic mass is 16.5. The van der Waals surface area contributed by atoms with E-state index in [-0.39, 0.29) is 0 Å². The molecule has 30 heavy (non-hydrogen) atoms. The molecular formula is C24H30O6. The van der Waals surface area contributed by atoms with Gasteiger partial charge in [0.15, 0.2) is 0 Å². The summed E-state index contributed by atoms with van der Waals surface area (Å²) < 4.78 is 20.7. The van der Waals surface area contributed by atoms with E-state index in [2.05, 4.69) is 23.7 Å². The quantitative estimate of drug-likeness (QED) is 0.226. The molecular weight excluding hydrogens is 384 g/mol. The molecule has 0 bridgehead atoms. The summed E-state index contributed by atoms with van der Waals surface area (Å²) in [6.07, 6.45) is 2.73. The largest absolute Gasteiger partial charge is 0.456 e. The molecule has 0 N–H and O–H groups in total. The molecule has 0 amide bonds. The average Bonchev–Trinajstić information content (AvgIpc) is 2.73. The molecule has 0 heterocycles. The van der Waals surface area contributed by atoms with E-state index < -0.39 is 11.9 Å². The van der Waals surface area contributed by atoms with Crippen molar-refractivity contribution in [2.75, 3.05) is 26.4 Å². The van der Waals surface area contributed by atoms with Crippen LogP contribution in [0.25, 0.3) is 0 Å². The highest BCUT2D eigenvalue weighted by Gasteiger charge is 1.97. The maximum absolute atomic E-state index is 11.1. The van der Waals surface area contributed by atoms with Crippen molar-refractivity contribution < 1.29 is 28.5 Å². The standard InChI is InChI=1S/C24H30O6/c1-3-29-23(25)11-7-5-9-17-27-19-21-13-15-22(16-14-21)20-28-18-10-6-8-12-24(26)30-4-2/h13-16H,3-6,9-10,17-20H2,1-2H3. The summed E-state index contributed by atoms with van der Waals surface area (Å²) in [6.45, 7) is 6.42. The molecule has 1 rings (SSSR count). The minimum absolute atomic E-state index is 0.343. The van der Waals surface area contributed by atoms with Crippen LogP contribution in [0.5, 0.6) is 0 Å². The molecule has 162 valence electrons. The monoisotopic (exact) mass is 414 g/mol. The zero-order valence-corrected chi connectivity index (χ0v) is 17.8. The minimum atomic E-state index is -0.481. The first-order chi connectivity index (χ1) is 14.7. The Morgan fingerprint density at radius 2 is 1.13 bits per heavy atom. The van der Waals surface area contributed by atoms with Crippen LogP contribution in [0, 0.1) is 23.7 Å². The van der Waals surface area contributed by atoms with Gasteiger partial charge in [0.1, 0.15) is 0 Å². The maximum atomic E-state index is 11.1. The molecule has 0 aliphatic carbocycles. The van der Waals surface area contributed by atoms with E-state index >= 15 is 0 Å². The smallest absolute Gasteiger partial charge is 0.384 e. The third kappa shape index (κ3) is 13.4. The van der Waals surface area contributed by atoms with Crippen molar-refractivity contribution in [1.29, 1.82) is 0 Å². The van der Waals surface area contributed by atoms with Gasteiger partial charge in [-0.1, -0.05) is 36.1 Å².